The van der Waals surface area contributed by atoms with Crippen molar-refractivity contribution in [1.29, 1.82) is 0 Å². The Morgan fingerprint density at radius 1 is 1.27 bits per heavy atom. The lowest BCUT2D eigenvalue weighted by molar-refractivity contribution is -0.152. The average molecular weight is 442 g/mol. The number of rotatable bonds is 8. The number of carbonyl (C=O) groups excluding carboxylic acids is 1. The van der Waals surface area contributed by atoms with Crippen molar-refractivity contribution < 1.29 is 17.9 Å². The minimum Gasteiger partial charge on any atom is -0.462 e. The van der Waals surface area contributed by atoms with Gasteiger partial charge in [0.15, 0.2) is 0 Å². The number of benzene rings is 1. The first kappa shape index (κ1) is 19.6. The SMILES string of the molecule is C=CCCCC(=O)OC1CC2CC1[C@H](NS(=O)(=O)c1ccc(Br)cc1)C2. The Morgan fingerprint density at radius 3 is 2.65 bits per heavy atom. The van der Waals surface area contributed by atoms with E-state index in [0.717, 1.165) is 36.6 Å². The maximum Gasteiger partial charge on any atom is 0.306 e. The smallest absolute Gasteiger partial charge is 0.306 e. The number of hydrogen-bond donors (Lipinski definition) is 1. The molecule has 5 nitrogen and oxygen atoms in total. The van der Waals surface area contributed by atoms with E-state index in [4.69, 9.17) is 4.74 Å². The van der Waals surface area contributed by atoms with E-state index < -0.39 is 10.0 Å². The van der Waals surface area contributed by atoms with Crippen molar-refractivity contribution in [2.45, 2.75) is 55.6 Å². The number of fused-ring (bicyclic) bond motifs is 2. The number of ether oxygens (including phenoxy) is 1. The van der Waals surface area contributed by atoms with Crippen molar-refractivity contribution in [3.05, 3.63) is 41.4 Å². The highest BCUT2D eigenvalue weighted by molar-refractivity contribution is 9.10. The molecule has 0 heterocycles. The molecule has 0 amide bonds. The molecule has 4 atom stereocenters. The third kappa shape index (κ3) is 4.56. The van der Waals surface area contributed by atoms with Crippen molar-refractivity contribution in [2.75, 3.05) is 0 Å². The van der Waals surface area contributed by atoms with Crippen LogP contribution in [0.25, 0.3) is 0 Å². The van der Waals surface area contributed by atoms with E-state index in [1.54, 1.807) is 30.3 Å². The summed E-state index contributed by atoms with van der Waals surface area (Å²) in [7, 11) is -3.57. The van der Waals surface area contributed by atoms with Gasteiger partial charge in [-0.25, -0.2) is 13.1 Å². The highest BCUT2D eigenvalue weighted by Crippen LogP contribution is 2.46. The molecule has 1 aromatic carbocycles. The van der Waals surface area contributed by atoms with Crippen molar-refractivity contribution in [2.24, 2.45) is 11.8 Å². The Morgan fingerprint density at radius 2 is 2.00 bits per heavy atom. The maximum absolute atomic E-state index is 12.6. The van der Waals surface area contributed by atoms with Crippen molar-refractivity contribution >= 4 is 31.9 Å². The number of allylic oxidation sites excluding steroid dienone is 1. The van der Waals surface area contributed by atoms with Gasteiger partial charge >= 0.3 is 5.97 Å². The lowest BCUT2D eigenvalue weighted by Gasteiger charge is -2.29. The first-order valence-corrected chi connectivity index (χ1v) is 11.2. The molecule has 0 aromatic heterocycles. The molecule has 0 saturated heterocycles. The summed E-state index contributed by atoms with van der Waals surface area (Å²) in [4.78, 5) is 12.2. The number of nitrogens with one attached hydrogen (secondary N) is 1. The molecule has 2 fully saturated rings. The van der Waals surface area contributed by atoms with Crippen LogP contribution in [0.15, 0.2) is 46.3 Å². The summed E-state index contributed by atoms with van der Waals surface area (Å²) in [5, 5.41) is 0. The standard InChI is InChI=1S/C19H24BrNO4S/c1-2-3-4-5-19(22)25-18-12-13-10-16(18)17(11-13)21-26(23,24)15-8-6-14(20)7-9-15/h2,6-9,13,16-18,21H,1,3-5,10-12H2/t13?,16?,17-,18?/m1/s1. The summed E-state index contributed by atoms with van der Waals surface area (Å²) >= 11 is 3.31. The third-order valence-corrected chi connectivity index (χ3v) is 7.29. The number of carbonyl (C=O) groups is 1. The Labute approximate surface area is 163 Å². The second-order valence-corrected chi connectivity index (χ2v) is 9.76. The summed E-state index contributed by atoms with van der Waals surface area (Å²) in [6, 6.07) is 6.41. The van der Waals surface area contributed by atoms with Gasteiger partial charge in [0, 0.05) is 22.9 Å². The van der Waals surface area contributed by atoms with E-state index in [9.17, 15) is 13.2 Å². The van der Waals surface area contributed by atoms with E-state index in [1.807, 2.05) is 0 Å². The zero-order chi connectivity index (χ0) is 18.7. The second-order valence-electron chi connectivity index (χ2n) is 7.13. The van der Waals surface area contributed by atoms with Gasteiger partial charge in [-0.15, -0.1) is 6.58 Å². The molecular formula is C19H24BrNO4S. The van der Waals surface area contributed by atoms with Gasteiger partial charge in [0.05, 0.1) is 4.90 Å². The predicted octanol–water partition coefficient (Wildman–Crippen LogP) is 3.79. The molecule has 0 spiro atoms. The van der Waals surface area contributed by atoms with E-state index in [-0.39, 0.29) is 28.9 Å². The number of sulfonamides is 1. The zero-order valence-electron chi connectivity index (χ0n) is 14.6. The van der Waals surface area contributed by atoms with Crippen LogP contribution in [-0.4, -0.2) is 26.5 Å². The first-order valence-electron chi connectivity index (χ1n) is 8.97. The topological polar surface area (TPSA) is 72.5 Å². The molecule has 2 bridgehead atoms. The summed E-state index contributed by atoms with van der Waals surface area (Å²) in [6.45, 7) is 3.65. The molecular weight excluding hydrogens is 418 g/mol. The third-order valence-electron chi connectivity index (χ3n) is 5.26. The fourth-order valence-corrected chi connectivity index (χ4v) is 5.62. The summed E-state index contributed by atoms with van der Waals surface area (Å²) in [6.07, 6.45) is 6.09. The van der Waals surface area contributed by atoms with E-state index >= 15 is 0 Å². The molecule has 2 saturated carbocycles. The number of hydrogen-bond acceptors (Lipinski definition) is 4. The van der Waals surface area contributed by atoms with Gasteiger partial charge in [0.2, 0.25) is 10.0 Å². The molecule has 0 radical (unpaired) electrons. The molecule has 3 rings (SSSR count). The van der Waals surface area contributed by atoms with Crippen LogP contribution in [0.4, 0.5) is 0 Å². The van der Waals surface area contributed by atoms with E-state index in [1.165, 1.54) is 0 Å². The van der Waals surface area contributed by atoms with Gasteiger partial charge in [0.25, 0.3) is 0 Å². The van der Waals surface area contributed by atoms with Crippen LogP contribution in [0.5, 0.6) is 0 Å². The number of unbranched alkanes of at least 4 members (excludes halogenated alkanes) is 1. The Hall–Kier alpha value is -1.18. The number of halogens is 1. The van der Waals surface area contributed by atoms with Crippen LogP contribution in [0, 0.1) is 11.8 Å². The molecule has 2 aliphatic carbocycles. The minimum absolute atomic E-state index is 0.0635. The Bertz CT molecular complexity index is 762. The van der Waals surface area contributed by atoms with Crippen molar-refractivity contribution in [3.63, 3.8) is 0 Å². The minimum atomic E-state index is -3.57. The van der Waals surface area contributed by atoms with Crippen LogP contribution in [0.3, 0.4) is 0 Å². The average Bonchev–Trinajstić information content (AvgIpc) is 3.14. The molecule has 2 aliphatic rings. The zero-order valence-corrected chi connectivity index (χ0v) is 17.0. The Balaban J connectivity index is 1.60. The predicted molar refractivity (Wildman–Crippen MR) is 103 cm³/mol. The highest BCUT2D eigenvalue weighted by atomic mass is 79.9. The van der Waals surface area contributed by atoms with Crippen molar-refractivity contribution in [1.82, 2.24) is 4.72 Å². The molecule has 1 N–H and O–H groups in total. The van der Waals surface area contributed by atoms with Crippen molar-refractivity contribution in [3.8, 4) is 0 Å². The molecule has 7 heteroatoms. The number of esters is 1. The summed E-state index contributed by atoms with van der Waals surface area (Å²) in [5.41, 5.74) is 0. The highest BCUT2D eigenvalue weighted by Gasteiger charge is 2.49. The van der Waals surface area contributed by atoms with E-state index in [0.29, 0.717) is 12.3 Å². The van der Waals surface area contributed by atoms with Gasteiger partial charge in [-0.3, -0.25) is 4.79 Å². The largest absolute Gasteiger partial charge is 0.462 e. The molecule has 142 valence electrons. The maximum atomic E-state index is 12.6. The quantitative estimate of drug-likeness (QED) is 0.378. The van der Waals surface area contributed by atoms with Crippen LogP contribution in [0.2, 0.25) is 0 Å². The molecule has 3 unspecified atom stereocenters. The normalized spacial score (nSPS) is 27.4. The monoisotopic (exact) mass is 441 g/mol. The van der Waals surface area contributed by atoms with Gasteiger partial charge in [0.1, 0.15) is 6.10 Å². The second kappa shape index (κ2) is 8.23. The van der Waals surface area contributed by atoms with Crippen LogP contribution >= 0.6 is 15.9 Å². The van der Waals surface area contributed by atoms with Crippen LogP contribution < -0.4 is 4.72 Å². The van der Waals surface area contributed by atoms with Gasteiger partial charge in [-0.2, -0.15) is 0 Å². The lowest BCUT2D eigenvalue weighted by Crippen LogP contribution is -2.44. The van der Waals surface area contributed by atoms with Gasteiger partial charge in [-0.05, 0) is 62.3 Å². The van der Waals surface area contributed by atoms with Gasteiger partial charge < -0.3 is 4.74 Å². The molecule has 1 aromatic rings. The molecule has 0 aliphatic heterocycles. The fourth-order valence-electron chi connectivity index (χ4n) is 4.06. The van der Waals surface area contributed by atoms with Crippen LogP contribution in [0.1, 0.15) is 38.5 Å². The lowest BCUT2D eigenvalue weighted by atomic mass is 9.93. The first-order chi connectivity index (χ1) is 12.4. The van der Waals surface area contributed by atoms with Crippen LogP contribution in [-0.2, 0) is 19.6 Å². The molecule has 26 heavy (non-hydrogen) atoms. The fraction of sp³-hybridized carbons (Fsp3) is 0.526. The summed E-state index contributed by atoms with van der Waals surface area (Å²) < 4.78 is 34.6. The van der Waals surface area contributed by atoms with Gasteiger partial charge in [-0.1, -0.05) is 22.0 Å². The Kier molecular flexibility index (Phi) is 6.20. The van der Waals surface area contributed by atoms with E-state index in [2.05, 4.69) is 27.2 Å². The summed E-state index contributed by atoms with van der Waals surface area (Å²) in [5.74, 6) is 0.288.